The highest BCUT2D eigenvalue weighted by Crippen LogP contribution is 2.36. The summed E-state index contributed by atoms with van der Waals surface area (Å²) in [5, 5.41) is 27.4. The normalized spacial score (nSPS) is 11.3. The first-order valence-corrected chi connectivity index (χ1v) is 6.46. The van der Waals surface area contributed by atoms with Gasteiger partial charge in [-0.2, -0.15) is 0 Å². The second-order valence-corrected chi connectivity index (χ2v) is 4.58. The van der Waals surface area contributed by atoms with E-state index < -0.39 is 11.8 Å². The van der Waals surface area contributed by atoms with Crippen LogP contribution in [0.5, 0.6) is 11.8 Å². The Labute approximate surface area is 120 Å². The molecule has 0 spiro atoms. The van der Waals surface area contributed by atoms with E-state index in [1.54, 1.807) is 0 Å². The molecular weight excluding hydrogens is 274 g/mol. The molecule has 1 aromatic carbocycles. The minimum Gasteiger partial charge on any atom is -0.494 e. The van der Waals surface area contributed by atoms with E-state index in [2.05, 4.69) is 10.2 Å². The van der Waals surface area contributed by atoms with E-state index in [-0.39, 0.29) is 17.3 Å². The van der Waals surface area contributed by atoms with Crippen LogP contribution >= 0.6 is 0 Å². The van der Waals surface area contributed by atoms with Crippen LogP contribution in [0.3, 0.4) is 0 Å². The van der Waals surface area contributed by atoms with E-state index in [0.29, 0.717) is 17.3 Å². The highest BCUT2D eigenvalue weighted by molar-refractivity contribution is 6.02. The molecule has 1 heterocycles. The van der Waals surface area contributed by atoms with Gasteiger partial charge in [0.15, 0.2) is 0 Å². The van der Waals surface area contributed by atoms with Crippen molar-refractivity contribution in [2.24, 2.45) is 10.2 Å². The van der Waals surface area contributed by atoms with Crippen molar-refractivity contribution >= 4 is 22.6 Å². The lowest BCUT2D eigenvalue weighted by Gasteiger charge is -2.03. The van der Waals surface area contributed by atoms with Gasteiger partial charge in [0.2, 0.25) is 11.8 Å². The van der Waals surface area contributed by atoms with Crippen molar-refractivity contribution in [1.29, 1.82) is 0 Å². The fourth-order valence-electron chi connectivity index (χ4n) is 2.06. The Morgan fingerprint density at radius 3 is 2.43 bits per heavy atom. The van der Waals surface area contributed by atoms with Gasteiger partial charge in [0.05, 0.1) is 0 Å². The zero-order chi connectivity index (χ0) is 15.6. The van der Waals surface area contributed by atoms with Gasteiger partial charge in [-0.25, -0.2) is 0 Å². The van der Waals surface area contributed by atoms with Gasteiger partial charge in [-0.3, -0.25) is 14.2 Å². The van der Waals surface area contributed by atoms with Crippen LogP contribution in [0.25, 0.3) is 10.8 Å². The van der Waals surface area contributed by atoms with Gasteiger partial charge >= 0.3 is 0 Å². The summed E-state index contributed by atoms with van der Waals surface area (Å²) in [6.07, 6.45) is 0.737. The van der Waals surface area contributed by atoms with Gasteiger partial charge in [0, 0.05) is 29.8 Å². The third-order valence-corrected chi connectivity index (χ3v) is 2.99. The van der Waals surface area contributed by atoms with Crippen LogP contribution in [0.15, 0.2) is 28.4 Å². The average molecular weight is 289 g/mol. The van der Waals surface area contributed by atoms with Crippen molar-refractivity contribution in [2.75, 3.05) is 0 Å². The lowest BCUT2D eigenvalue weighted by atomic mass is 10.1. The number of aromatic hydroxyl groups is 2. The molecule has 0 saturated carbocycles. The third kappa shape index (κ3) is 2.76. The van der Waals surface area contributed by atoms with E-state index >= 15 is 0 Å². The predicted octanol–water partition coefficient (Wildman–Crippen LogP) is 2.60. The number of amides is 2. The lowest BCUT2D eigenvalue weighted by molar-refractivity contribution is -0.116. The highest BCUT2D eigenvalue weighted by Gasteiger charge is 2.17. The zero-order valence-electron chi connectivity index (χ0n) is 11.7. The van der Waals surface area contributed by atoms with Gasteiger partial charge in [0.1, 0.15) is 0 Å². The van der Waals surface area contributed by atoms with Crippen molar-refractivity contribution in [2.45, 2.75) is 26.8 Å². The summed E-state index contributed by atoms with van der Waals surface area (Å²) in [6, 6.07) is 4.39. The Bertz CT molecular complexity index is 746. The van der Waals surface area contributed by atoms with Crippen LogP contribution in [-0.4, -0.2) is 26.6 Å². The molecule has 2 amide bonds. The number of nitrogens with zero attached hydrogens (tertiary/aromatic N) is 3. The first-order valence-electron chi connectivity index (χ1n) is 6.46. The minimum absolute atomic E-state index is 0.0475. The molecule has 7 heteroatoms. The molecule has 0 atom stereocenters. The van der Waals surface area contributed by atoms with Crippen LogP contribution in [0, 0.1) is 0 Å². The summed E-state index contributed by atoms with van der Waals surface area (Å²) in [7, 11) is 0. The molecule has 7 nitrogen and oxygen atoms in total. The van der Waals surface area contributed by atoms with E-state index in [1.165, 1.54) is 29.7 Å². The monoisotopic (exact) mass is 289 g/mol. The number of fused-ring (bicyclic) bond motifs is 1. The first kappa shape index (κ1) is 14.7. The van der Waals surface area contributed by atoms with Crippen LogP contribution < -0.4 is 0 Å². The quantitative estimate of drug-likeness (QED) is 0.847. The first-order chi connectivity index (χ1) is 9.95. The third-order valence-electron chi connectivity index (χ3n) is 2.99. The van der Waals surface area contributed by atoms with Gasteiger partial charge in [-0.15, -0.1) is 10.2 Å². The number of rotatable bonds is 3. The van der Waals surface area contributed by atoms with Crippen molar-refractivity contribution in [3.05, 3.63) is 23.8 Å². The van der Waals surface area contributed by atoms with Crippen molar-refractivity contribution < 1.29 is 19.8 Å². The average Bonchev–Trinajstić information content (AvgIpc) is 2.70. The van der Waals surface area contributed by atoms with E-state index in [9.17, 15) is 19.8 Å². The van der Waals surface area contributed by atoms with Crippen molar-refractivity contribution in [3.63, 3.8) is 0 Å². The maximum atomic E-state index is 11.8. The van der Waals surface area contributed by atoms with Crippen LogP contribution in [0.2, 0.25) is 0 Å². The number of aromatic nitrogens is 1. The SMILES string of the molecule is CCCn1c(O)c2ccc(C(=O)N=NC(C)=O)cc2c1O. The largest absolute Gasteiger partial charge is 0.494 e. The summed E-state index contributed by atoms with van der Waals surface area (Å²) in [6.45, 7) is 3.56. The molecule has 0 unspecified atom stereocenters. The van der Waals surface area contributed by atoms with Gasteiger partial charge in [-0.05, 0) is 24.6 Å². The van der Waals surface area contributed by atoms with Crippen molar-refractivity contribution in [3.8, 4) is 11.8 Å². The predicted molar refractivity (Wildman–Crippen MR) is 75.4 cm³/mol. The Balaban J connectivity index is 2.49. The molecule has 0 bridgehead atoms. The molecule has 110 valence electrons. The summed E-state index contributed by atoms with van der Waals surface area (Å²) >= 11 is 0. The van der Waals surface area contributed by atoms with E-state index in [0.717, 1.165) is 6.42 Å². The molecule has 0 radical (unpaired) electrons. The van der Waals surface area contributed by atoms with Crippen LogP contribution in [0.4, 0.5) is 0 Å². The maximum Gasteiger partial charge on any atom is 0.295 e. The van der Waals surface area contributed by atoms with Gasteiger partial charge in [0.25, 0.3) is 11.8 Å². The molecule has 0 saturated heterocycles. The number of hydrogen-bond acceptors (Lipinski definition) is 4. The smallest absolute Gasteiger partial charge is 0.295 e. The molecule has 2 rings (SSSR count). The Morgan fingerprint density at radius 2 is 1.81 bits per heavy atom. The van der Waals surface area contributed by atoms with Crippen molar-refractivity contribution in [1.82, 2.24) is 4.57 Å². The molecule has 21 heavy (non-hydrogen) atoms. The van der Waals surface area contributed by atoms with Crippen LogP contribution in [-0.2, 0) is 11.3 Å². The Hall–Kier alpha value is -2.70. The minimum atomic E-state index is -0.686. The zero-order valence-corrected chi connectivity index (χ0v) is 11.7. The lowest BCUT2D eigenvalue weighted by Crippen LogP contribution is -1.95. The second kappa shape index (κ2) is 5.74. The van der Waals surface area contributed by atoms with E-state index in [1.807, 2.05) is 6.92 Å². The van der Waals surface area contributed by atoms with Crippen LogP contribution in [0.1, 0.15) is 30.6 Å². The molecule has 2 aromatic rings. The highest BCUT2D eigenvalue weighted by atomic mass is 16.3. The molecule has 0 aliphatic rings. The Morgan fingerprint density at radius 1 is 1.14 bits per heavy atom. The molecule has 0 aliphatic carbocycles. The van der Waals surface area contributed by atoms with E-state index in [4.69, 9.17) is 0 Å². The molecular formula is C14H15N3O4. The standard InChI is InChI=1S/C14H15N3O4/c1-3-6-17-13(20)10-5-4-9(7-11(10)14(17)21)12(19)16-15-8(2)18/h4-5,7,20-21H,3,6H2,1-2H3. The fourth-order valence-corrected chi connectivity index (χ4v) is 2.06. The summed E-state index contributed by atoms with van der Waals surface area (Å²) in [5.74, 6) is -1.41. The van der Waals surface area contributed by atoms with Gasteiger partial charge in [-0.1, -0.05) is 6.92 Å². The number of hydrogen-bond donors (Lipinski definition) is 2. The number of carbonyl (C=O) groups excluding carboxylic acids is 2. The summed E-state index contributed by atoms with van der Waals surface area (Å²) < 4.78 is 1.37. The summed E-state index contributed by atoms with van der Waals surface area (Å²) in [4.78, 5) is 22.4. The van der Waals surface area contributed by atoms with Gasteiger partial charge < -0.3 is 10.2 Å². The maximum absolute atomic E-state index is 11.8. The Kier molecular flexibility index (Phi) is 4.02. The second-order valence-electron chi connectivity index (χ2n) is 4.58. The molecule has 1 aromatic heterocycles. The molecule has 0 fully saturated rings. The number of benzene rings is 1. The topological polar surface area (TPSA) is 104 Å². The number of carbonyl (C=O) groups is 2. The molecule has 0 aliphatic heterocycles. The molecule has 2 N–H and O–H groups in total. The summed E-state index contributed by atoms with van der Waals surface area (Å²) in [5.41, 5.74) is 0.177. The number of azo groups is 1. The fraction of sp³-hybridized carbons (Fsp3) is 0.286.